The van der Waals surface area contributed by atoms with Crippen LogP contribution in [0.1, 0.15) is 19.1 Å². The van der Waals surface area contributed by atoms with Crippen molar-refractivity contribution in [1.82, 2.24) is 5.32 Å². The van der Waals surface area contributed by atoms with Gasteiger partial charge in [0.1, 0.15) is 5.76 Å². The van der Waals surface area contributed by atoms with E-state index in [4.69, 9.17) is 13.9 Å². The molecule has 0 fully saturated rings. The summed E-state index contributed by atoms with van der Waals surface area (Å²) in [5.41, 5.74) is 2.19. The fourth-order valence-electron chi connectivity index (χ4n) is 2.30. The average molecular weight is 273 g/mol. The summed E-state index contributed by atoms with van der Waals surface area (Å²) in [7, 11) is 0. The third-order valence-corrected chi connectivity index (χ3v) is 3.34. The topological polar surface area (TPSA) is 43.6 Å². The molecule has 4 heteroatoms. The van der Waals surface area contributed by atoms with Gasteiger partial charge in [-0.2, -0.15) is 0 Å². The van der Waals surface area contributed by atoms with Gasteiger partial charge in [-0.1, -0.05) is 13.0 Å². The van der Waals surface area contributed by atoms with Crippen LogP contribution in [0.25, 0.3) is 11.1 Å². The van der Waals surface area contributed by atoms with Gasteiger partial charge in [-0.05, 0) is 30.3 Å². The van der Waals surface area contributed by atoms with Gasteiger partial charge >= 0.3 is 0 Å². The molecule has 2 aromatic rings. The monoisotopic (exact) mass is 273 g/mol. The maximum atomic E-state index is 5.74. The molecule has 0 saturated carbocycles. The number of hydrogen-bond acceptors (Lipinski definition) is 4. The van der Waals surface area contributed by atoms with Crippen LogP contribution in [0.4, 0.5) is 0 Å². The first kappa shape index (κ1) is 13.1. The zero-order valence-corrected chi connectivity index (χ0v) is 11.6. The van der Waals surface area contributed by atoms with Crippen LogP contribution in [0.5, 0.6) is 11.5 Å². The van der Waals surface area contributed by atoms with Gasteiger partial charge in [0, 0.05) is 12.0 Å². The molecule has 0 aliphatic carbocycles. The second-order valence-electron chi connectivity index (χ2n) is 4.75. The van der Waals surface area contributed by atoms with Crippen LogP contribution >= 0.6 is 0 Å². The van der Waals surface area contributed by atoms with Crippen molar-refractivity contribution in [2.45, 2.75) is 19.9 Å². The zero-order chi connectivity index (χ0) is 13.8. The fraction of sp³-hybridized carbons (Fsp3) is 0.375. The molecule has 2 heterocycles. The number of benzene rings is 1. The van der Waals surface area contributed by atoms with E-state index in [2.05, 4.69) is 12.2 Å². The Morgan fingerprint density at radius 1 is 1.10 bits per heavy atom. The Morgan fingerprint density at radius 2 is 1.95 bits per heavy atom. The Morgan fingerprint density at radius 3 is 2.80 bits per heavy atom. The summed E-state index contributed by atoms with van der Waals surface area (Å²) in [5.74, 6) is 2.58. The molecule has 1 aliphatic heterocycles. The van der Waals surface area contributed by atoms with E-state index >= 15 is 0 Å². The smallest absolute Gasteiger partial charge is 0.161 e. The summed E-state index contributed by atoms with van der Waals surface area (Å²) in [6, 6.07) is 8.04. The van der Waals surface area contributed by atoms with Crippen molar-refractivity contribution in [3.05, 3.63) is 36.3 Å². The minimum Gasteiger partial charge on any atom is -0.490 e. The molecular weight excluding hydrogens is 254 g/mol. The third kappa shape index (κ3) is 2.65. The molecule has 20 heavy (non-hydrogen) atoms. The van der Waals surface area contributed by atoms with Crippen LogP contribution in [-0.2, 0) is 6.54 Å². The summed E-state index contributed by atoms with van der Waals surface area (Å²) in [5, 5.41) is 3.28. The maximum Gasteiger partial charge on any atom is 0.161 e. The summed E-state index contributed by atoms with van der Waals surface area (Å²) >= 11 is 0. The number of rotatable bonds is 4. The van der Waals surface area contributed by atoms with E-state index in [0.29, 0.717) is 13.2 Å². The Balaban J connectivity index is 1.90. The number of ether oxygens (including phenoxy) is 2. The highest BCUT2D eigenvalue weighted by molar-refractivity contribution is 5.68. The van der Waals surface area contributed by atoms with Gasteiger partial charge in [-0.15, -0.1) is 0 Å². The van der Waals surface area contributed by atoms with Crippen molar-refractivity contribution in [2.75, 3.05) is 19.8 Å². The van der Waals surface area contributed by atoms with E-state index in [0.717, 1.165) is 47.9 Å². The van der Waals surface area contributed by atoms with Gasteiger partial charge in [0.15, 0.2) is 11.5 Å². The zero-order valence-electron chi connectivity index (χ0n) is 11.6. The van der Waals surface area contributed by atoms with Crippen LogP contribution in [0.2, 0.25) is 0 Å². The number of furan rings is 1. The quantitative estimate of drug-likeness (QED) is 0.929. The second kappa shape index (κ2) is 6.01. The van der Waals surface area contributed by atoms with Crippen molar-refractivity contribution < 1.29 is 13.9 Å². The van der Waals surface area contributed by atoms with E-state index < -0.39 is 0 Å². The average Bonchev–Trinajstić information content (AvgIpc) is 2.81. The van der Waals surface area contributed by atoms with Crippen molar-refractivity contribution in [1.29, 1.82) is 0 Å². The molecule has 1 aromatic heterocycles. The largest absolute Gasteiger partial charge is 0.490 e. The lowest BCUT2D eigenvalue weighted by molar-refractivity contribution is 0.297. The molecule has 0 unspecified atom stereocenters. The Bertz CT molecular complexity index is 577. The molecule has 1 aliphatic rings. The van der Waals surface area contributed by atoms with Gasteiger partial charge in [-0.25, -0.2) is 0 Å². The summed E-state index contributed by atoms with van der Waals surface area (Å²) < 4.78 is 16.9. The van der Waals surface area contributed by atoms with Gasteiger partial charge in [0.05, 0.1) is 26.0 Å². The Kier molecular flexibility index (Phi) is 3.92. The number of hydrogen-bond donors (Lipinski definition) is 1. The highest BCUT2D eigenvalue weighted by atomic mass is 16.5. The second-order valence-corrected chi connectivity index (χ2v) is 4.75. The highest BCUT2D eigenvalue weighted by Crippen LogP contribution is 2.35. The lowest BCUT2D eigenvalue weighted by Gasteiger charge is -2.09. The summed E-state index contributed by atoms with van der Waals surface area (Å²) in [6.07, 6.45) is 2.65. The molecule has 1 aromatic carbocycles. The van der Waals surface area contributed by atoms with Crippen LogP contribution in [0.15, 0.2) is 34.9 Å². The van der Waals surface area contributed by atoms with E-state index in [1.165, 1.54) is 0 Å². The number of nitrogens with one attached hydrogen (secondary N) is 1. The van der Waals surface area contributed by atoms with Crippen LogP contribution < -0.4 is 14.8 Å². The molecule has 0 saturated heterocycles. The van der Waals surface area contributed by atoms with Gasteiger partial charge < -0.3 is 19.2 Å². The van der Waals surface area contributed by atoms with E-state index in [1.807, 2.05) is 24.3 Å². The molecular formula is C16H19NO3. The molecule has 0 atom stereocenters. The van der Waals surface area contributed by atoms with E-state index in [-0.39, 0.29) is 0 Å². The summed E-state index contributed by atoms with van der Waals surface area (Å²) in [4.78, 5) is 0. The van der Waals surface area contributed by atoms with E-state index in [1.54, 1.807) is 6.26 Å². The molecule has 106 valence electrons. The lowest BCUT2D eigenvalue weighted by atomic mass is 10.1. The Hall–Kier alpha value is -1.94. The predicted molar refractivity (Wildman–Crippen MR) is 77.1 cm³/mol. The van der Waals surface area contributed by atoms with Gasteiger partial charge in [-0.3, -0.25) is 0 Å². The summed E-state index contributed by atoms with van der Waals surface area (Å²) in [6.45, 7) is 5.14. The first-order chi connectivity index (χ1) is 9.88. The van der Waals surface area contributed by atoms with E-state index in [9.17, 15) is 0 Å². The molecule has 1 N–H and O–H groups in total. The molecule has 0 amide bonds. The maximum absolute atomic E-state index is 5.74. The minimum atomic E-state index is 0.700. The van der Waals surface area contributed by atoms with Gasteiger partial charge in [0.2, 0.25) is 0 Å². The standard InChI is InChI=1S/C16H19NO3/c1-2-17-11-16-13(6-9-20-16)12-4-5-14-15(10-12)19-8-3-7-18-14/h4-6,9-10,17H,2-3,7-8,11H2,1H3. The first-order valence-corrected chi connectivity index (χ1v) is 7.05. The van der Waals surface area contributed by atoms with Crippen molar-refractivity contribution >= 4 is 0 Å². The Labute approximate surface area is 118 Å². The number of fused-ring (bicyclic) bond motifs is 1. The predicted octanol–water partition coefficient (Wildman–Crippen LogP) is 3.22. The van der Waals surface area contributed by atoms with Crippen LogP contribution in [0.3, 0.4) is 0 Å². The van der Waals surface area contributed by atoms with Crippen molar-refractivity contribution in [3.8, 4) is 22.6 Å². The molecule has 0 spiro atoms. The van der Waals surface area contributed by atoms with Crippen molar-refractivity contribution in [3.63, 3.8) is 0 Å². The highest BCUT2D eigenvalue weighted by Gasteiger charge is 2.14. The van der Waals surface area contributed by atoms with Crippen LogP contribution in [0, 0.1) is 0 Å². The molecule has 3 rings (SSSR count). The minimum absolute atomic E-state index is 0.700. The normalized spacial score (nSPS) is 14.1. The fourth-order valence-corrected chi connectivity index (χ4v) is 2.30. The van der Waals surface area contributed by atoms with Crippen molar-refractivity contribution in [2.24, 2.45) is 0 Å². The first-order valence-electron chi connectivity index (χ1n) is 7.05. The molecule has 4 nitrogen and oxygen atoms in total. The molecule has 0 radical (unpaired) electrons. The third-order valence-electron chi connectivity index (χ3n) is 3.34. The SMILES string of the molecule is CCNCc1occc1-c1ccc2c(c1)OCCCO2. The molecule has 0 bridgehead atoms. The van der Waals surface area contributed by atoms with Gasteiger partial charge in [0.25, 0.3) is 0 Å². The van der Waals surface area contributed by atoms with Crippen LogP contribution in [-0.4, -0.2) is 19.8 Å². The lowest BCUT2D eigenvalue weighted by Crippen LogP contribution is -2.11.